The van der Waals surface area contributed by atoms with Crippen molar-refractivity contribution in [2.24, 2.45) is 5.41 Å². The molecule has 0 aliphatic carbocycles. The van der Waals surface area contributed by atoms with Crippen molar-refractivity contribution in [1.29, 1.82) is 0 Å². The van der Waals surface area contributed by atoms with Crippen LogP contribution in [0, 0.1) is 5.41 Å². The monoisotopic (exact) mass is 250 g/mol. The minimum Gasteiger partial charge on any atom is -0.361 e. The molecule has 0 saturated carbocycles. The van der Waals surface area contributed by atoms with E-state index in [0.29, 0.717) is 0 Å². The van der Waals surface area contributed by atoms with Crippen LogP contribution in [0.5, 0.6) is 0 Å². The van der Waals surface area contributed by atoms with Crippen LogP contribution in [0.15, 0.2) is 0 Å². The number of aliphatic hydroxyl groups is 4. The van der Waals surface area contributed by atoms with Crippen molar-refractivity contribution in [3.05, 3.63) is 0 Å². The lowest BCUT2D eigenvalue weighted by Gasteiger charge is -2.25. The van der Waals surface area contributed by atoms with Crippen molar-refractivity contribution in [1.82, 2.24) is 10.6 Å². The molecule has 0 saturated heterocycles. The topological polar surface area (TPSA) is 139 Å². The molecule has 17 heavy (non-hydrogen) atoms. The van der Waals surface area contributed by atoms with Crippen LogP contribution in [0.1, 0.15) is 13.8 Å². The van der Waals surface area contributed by atoms with Crippen molar-refractivity contribution in [2.75, 3.05) is 13.1 Å². The van der Waals surface area contributed by atoms with Gasteiger partial charge in [-0.1, -0.05) is 13.8 Å². The lowest BCUT2D eigenvalue weighted by atomic mass is 9.93. The van der Waals surface area contributed by atoms with Gasteiger partial charge in [-0.15, -0.1) is 0 Å². The summed E-state index contributed by atoms with van der Waals surface area (Å²) in [5, 5.41) is 38.6. The fourth-order valence-corrected chi connectivity index (χ4v) is 0.898. The van der Waals surface area contributed by atoms with E-state index in [1.807, 2.05) is 0 Å². The molecule has 100 valence electrons. The van der Waals surface area contributed by atoms with E-state index in [0.717, 1.165) is 0 Å². The van der Waals surface area contributed by atoms with Crippen LogP contribution in [0.25, 0.3) is 0 Å². The lowest BCUT2D eigenvalue weighted by molar-refractivity contribution is -0.148. The Labute approximate surface area is 98.3 Å². The summed E-state index contributed by atoms with van der Waals surface area (Å²) >= 11 is 0. The van der Waals surface area contributed by atoms with Gasteiger partial charge in [0.2, 0.25) is 12.6 Å². The maximum absolute atomic E-state index is 10.9. The molecule has 0 heterocycles. The third-order valence-corrected chi connectivity index (χ3v) is 1.95. The average molecular weight is 250 g/mol. The molecule has 0 aromatic carbocycles. The van der Waals surface area contributed by atoms with E-state index in [4.69, 9.17) is 20.4 Å². The third kappa shape index (κ3) is 6.84. The Morgan fingerprint density at radius 3 is 1.47 bits per heavy atom. The number of rotatable bonds is 6. The summed E-state index contributed by atoms with van der Waals surface area (Å²) in [6.45, 7) is 3.57. The van der Waals surface area contributed by atoms with Gasteiger partial charge in [0.05, 0.1) is 0 Å². The van der Waals surface area contributed by atoms with Gasteiger partial charge < -0.3 is 31.1 Å². The SMILES string of the molecule is CC(C)(CNC(=O)C(O)O)CNC(=O)C(O)O. The molecule has 6 N–H and O–H groups in total. The van der Waals surface area contributed by atoms with Gasteiger partial charge in [-0.25, -0.2) is 0 Å². The van der Waals surface area contributed by atoms with Crippen molar-refractivity contribution < 1.29 is 30.0 Å². The molecule has 0 aromatic heterocycles. The maximum atomic E-state index is 10.9. The van der Waals surface area contributed by atoms with Crippen molar-refractivity contribution in [3.8, 4) is 0 Å². The minimum absolute atomic E-state index is 0.0885. The fourth-order valence-electron chi connectivity index (χ4n) is 0.898. The van der Waals surface area contributed by atoms with E-state index in [-0.39, 0.29) is 13.1 Å². The first-order valence-electron chi connectivity index (χ1n) is 4.93. The molecule has 0 aliphatic heterocycles. The van der Waals surface area contributed by atoms with E-state index >= 15 is 0 Å². The number of carbonyl (C=O) groups excluding carboxylic acids is 2. The van der Waals surface area contributed by atoms with E-state index in [1.165, 1.54) is 0 Å². The maximum Gasteiger partial charge on any atom is 0.276 e. The molecule has 0 rings (SSSR count). The first kappa shape index (κ1) is 15.8. The Hall–Kier alpha value is -1.22. The fraction of sp³-hybridized carbons (Fsp3) is 0.778. The third-order valence-electron chi connectivity index (χ3n) is 1.95. The van der Waals surface area contributed by atoms with Gasteiger partial charge >= 0.3 is 0 Å². The van der Waals surface area contributed by atoms with Gasteiger partial charge in [0.25, 0.3) is 11.8 Å². The summed E-state index contributed by atoms with van der Waals surface area (Å²) in [5.41, 5.74) is -0.574. The average Bonchev–Trinajstić information content (AvgIpc) is 2.22. The first-order chi connectivity index (χ1) is 7.65. The zero-order valence-electron chi connectivity index (χ0n) is 9.67. The summed E-state index contributed by atoms with van der Waals surface area (Å²) in [6, 6.07) is 0. The number of hydrogen-bond acceptors (Lipinski definition) is 6. The molecule has 0 bridgehead atoms. The second kappa shape index (κ2) is 6.50. The van der Waals surface area contributed by atoms with Gasteiger partial charge in [-0.2, -0.15) is 0 Å². The van der Waals surface area contributed by atoms with Crippen LogP contribution in [0.2, 0.25) is 0 Å². The Morgan fingerprint density at radius 1 is 0.941 bits per heavy atom. The van der Waals surface area contributed by atoms with Crippen LogP contribution < -0.4 is 10.6 Å². The number of carbonyl (C=O) groups is 2. The van der Waals surface area contributed by atoms with E-state index < -0.39 is 29.8 Å². The smallest absolute Gasteiger partial charge is 0.276 e. The van der Waals surface area contributed by atoms with Crippen LogP contribution in [0.4, 0.5) is 0 Å². The largest absolute Gasteiger partial charge is 0.361 e. The molecule has 0 radical (unpaired) electrons. The quantitative estimate of drug-likeness (QED) is 0.275. The normalized spacial score (nSPS) is 11.8. The molecule has 0 atom stereocenters. The second-order valence-electron chi connectivity index (χ2n) is 4.35. The minimum atomic E-state index is -2.08. The highest BCUT2D eigenvalue weighted by Crippen LogP contribution is 2.11. The summed E-state index contributed by atoms with van der Waals surface area (Å²) < 4.78 is 0. The number of aliphatic hydroxyl groups excluding tert-OH is 2. The van der Waals surface area contributed by atoms with Crippen molar-refractivity contribution >= 4 is 11.8 Å². The zero-order valence-corrected chi connectivity index (χ0v) is 9.67. The predicted molar refractivity (Wildman–Crippen MR) is 56.3 cm³/mol. The Bertz CT molecular complexity index is 251. The summed E-state index contributed by atoms with van der Waals surface area (Å²) in [4.78, 5) is 21.7. The summed E-state index contributed by atoms with van der Waals surface area (Å²) in [6.07, 6.45) is -4.17. The summed E-state index contributed by atoms with van der Waals surface area (Å²) in [5.74, 6) is -1.88. The molecule has 8 heteroatoms. The standard InChI is InChI=1S/C9H18N2O6/c1-9(2,3-10-5(12)7(14)15)4-11-6(13)8(16)17/h7-8,14-17H,3-4H2,1-2H3,(H,10,12)(H,11,13). The van der Waals surface area contributed by atoms with Crippen LogP contribution in [-0.2, 0) is 9.59 Å². The molecular formula is C9H18N2O6. The molecule has 0 fully saturated rings. The molecule has 0 spiro atoms. The Kier molecular flexibility index (Phi) is 6.03. The summed E-state index contributed by atoms with van der Waals surface area (Å²) in [7, 11) is 0. The van der Waals surface area contributed by atoms with Gasteiger partial charge in [-0.3, -0.25) is 9.59 Å². The van der Waals surface area contributed by atoms with Crippen LogP contribution in [0.3, 0.4) is 0 Å². The highest BCUT2D eigenvalue weighted by atomic mass is 16.5. The highest BCUT2D eigenvalue weighted by Gasteiger charge is 2.22. The van der Waals surface area contributed by atoms with Gasteiger partial charge in [0.1, 0.15) is 0 Å². The molecule has 8 nitrogen and oxygen atoms in total. The van der Waals surface area contributed by atoms with Crippen molar-refractivity contribution in [2.45, 2.75) is 26.4 Å². The molecular weight excluding hydrogens is 232 g/mol. The zero-order chi connectivity index (χ0) is 13.6. The van der Waals surface area contributed by atoms with E-state index in [2.05, 4.69) is 10.6 Å². The molecule has 0 aromatic rings. The Morgan fingerprint density at radius 2 is 1.24 bits per heavy atom. The van der Waals surface area contributed by atoms with E-state index in [1.54, 1.807) is 13.8 Å². The van der Waals surface area contributed by atoms with Crippen molar-refractivity contribution in [3.63, 3.8) is 0 Å². The number of amides is 2. The molecule has 2 amide bonds. The second-order valence-corrected chi connectivity index (χ2v) is 4.35. The van der Waals surface area contributed by atoms with E-state index in [9.17, 15) is 9.59 Å². The number of hydrogen-bond donors (Lipinski definition) is 6. The lowest BCUT2D eigenvalue weighted by Crippen LogP contribution is -2.46. The van der Waals surface area contributed by atoms with Gasteiger partial charge in [0.15, 0.2) is 0 Å². The molecule has 0 aliphatic rings. The molecule has 0 unspecified atom stereocenters. The Balaban J connectivity index is 4.04. The predicted octanol–water partition coefficient (Wildman–Crippen LogP) is -3.13. The highest BCUT2D eigenvalue weighted by molar-refractivity contribution is 5.79. The van der Waals surface area contributed by atoms with Gasteiger partial charge in [-0.05, 0) is 5.41 Å². The van der Waals surface area contributed by atoms with Crippen LogP contribution >= 0.6 is 0 Å². The first-order valence-corrected chi connectivity index (χ1v) is 4.93. The number of nitrogens with one attached hydrogen (secondary N) is 2. The van der Waals surface area contributed by atoms with Gasteiger partial charge in [0, 0.05) is 13.1 Å². The van der Waals surface area contributed by atoms with Crippen LogP contribution in [-0.4, -0.2) is 57.9 Å².